The van der Waals surface area contributed by atoms with Crippen molar-refractivity contribution >= 4 is 70.4 Å². The van der Waals surface area contributed by atoms with E-state index in [9.17, 15) is 13.6 Å². The van der Waals surface area contributed by atoms with Gasteiger partial charge in [0.15, 0.2) is 0 Å². The molecule has 12 heteroatoms. The van der Waals surface area contributed by atoms with Crippen molar-refractivity contribution in [3.63, 3.8) is 0 Å². The van der Waals surface area contributed by atoms with Gasteiger partial charge >= 0.3 is 215 Å². The zero-order chi connectivity index (χ0) is 24.4. The Labute approximate surface area is 214 Å². The van der Waals surface area contributed by atoms with E-state index in [0.717, 1.165) is 9.86 Å². The molecule has 0 aliphatic heterocycles. The first kappa shape index (κ1) is 24.8. The van der Waals surface area contributed by atoms with Gasteiger partial charge in [-0.1, -0.05) is 0 Å². The molecule has 4 rings (SSSR count). The van der Waals surface area contributed by atoms with Crippen LogP contribution in [0.4, 0.5) is 8.78 Å². The van der Waals surface area contributed by atoms with Gasteiger partial charge in [-0.15, -0.1) is 0 Å². The molecule has 0 spiro atoms. The SMILES string of the molecule is CCNC(=O)[C@H](CC)[As]c1nc2c(Br)cccc2c2nc(-c3ccc(Cl)cc3OC(F)F)nn12. The van der Waals surface area contributed by atoms with Crippen molar-refractivity contribution < 1.29 is 18.3 Å². The fourth-order valence-electron chi connectivity index (χ4n) is 3.42. The van der Waals surface area contributed by atoms with Crippen LogP contribution in [0.2, 0.25) is 9.73 Å². The number of carbonyl (C=O) groups excluding carboxylic acids is 1. The van der Waals surface area contributed by atoms with E-state index in [1.807, 2.05) is 32.0 Å². The Hall–Kier alpha value is -2.29. The molecule has 1 N–H and O–H groups in total. The maximum atomic E-state index is 13.0. The number of hydrogen-bond acceptors (Lipinski definition) is 5. The van der Waals surface area contributed by atoms with E-state index in [2.05, 4.69) is 36.1 Å². The molecule has 2 aromatic heterocycles. The fraction of sp³-hybridized carbons (Fsp3) is 0.273. The van der Waals surface area contributed by atoms with Gasteiger partial charge in [0, 0.05) is 0 Å². The van der Waals surface area contributed by atoms with E-state index >= 15 is 0 Å². The minimum absolute atomic E-state index is 0.0298. The van der Waals surface area contributed by atoms with Gasteiger partial charge in [-0.2, -0.15) is 0 Å². The van der Waals surface area contributed by atoms with Gasteiger partial charge in [0.1, 0.15) is 0 Å². The molecule has 34 heavy (non-hydrogen) atoms. The summed E-state index contributed by atoms with van der Waals surface area (Å²) in [4.78, 5) is 22.1. The normalized spacial score (nSPS) is 12.8. The van der Waals surface area contributed by atoms with E-state index in [0.29, 0.717) is 28.7 Å². The number of ether oxygens (including phenoxy) is 1. The molecule has 4 aromatic rings. The molecule has 0 unspecified atom stereocenters. The summed E-state index contributed by atoms with van der Waals surface area (Å²) in [5.74, 6) is 0.0355. The number of benzene rings is 2. The molecule has 0 bridgehead atoms. The molecule has 1 radical (unpaired) electrons. The third-order valence-corrected chi connectivity index (χ3v) is 8.83. The van der Waals surface area contributed by atoms with Crippen molar-refractivity contribution in [1.82, 2.24) is 24.9 Å². The van der Waals surface area contributed by atoms with Crippen LogP contribution in [-0.2, 0) is 4.79 Å². The van der Waals surface area contributed by atoms with Crippen LogP contribution in [0.5, 0.6) is 5.75 Å². The van der Waals surface area contributed by atoms with Crippen LogP contribution in [0.1, 0.15) is 20.3 Å². The Morgan fingerprint density at radius 1 is 1.26 bits per heavy atom. The maximum absolute atomic E-state index is 13.0. The third-order valence-electron chi connectivity index (χ3n) is 4.95. The van der Waals surface area contributed by atoms with Crippen molar-refractivity contribution in [2.75, 3.05) is 6.54 Å². The molecule has 0 fully saturated rings. The molecule has 1 atom stereocenters. The Morgan fingerprint density at radius 2 is 2.06 bits per heavy atom. The van der Waals surface area contributed by atoms with Crippen molar-refractivity contribution in [2.45, 2.75) is 31.6 Å². The number of aromatic nitrogens is 4. The standard InChI is InChI=1S/C22H19AsBrClF2N5O2/c1-3-14(20(33)28-4-2)23-21-29-17-13(6-5-7-15(17)24)19-30-18(31-32(19)21)12-9-8-11(25)10-16(12)34-22(26)27/h5-10,14,22H,3-4H2,1-2H3,(H,28,33)/t14-/m0/s1. The van der Waals surface area contributed by atoms with Crippen LogP contribution in [0, 0.1) is 0 Å². The van der Waals surface area contributed by atoms with Gasteiger partial charge in [-0.05, 0) is 0 Å². The molecule has 1 amide bonds. The summed E-state index contributed by atoms with van der Waals surface area (Å²) in [6, 6.07) is 9.99. The van der Waals surface area contributed by atoms with E-state index in [4.69, 9.17) is 16.6 Å². The minimum atomic E-state index is -3.03. The van der Waals surface area contributed by atoms with Crippen molar-refractivity contribution in [3.05, 3.63) is 45.9 Å². The Bertz CT molecular complexity index is 1370. The van der Waals surface area contributed by atoms with Crippen LogP contribution in [0.15, 0.2) is 40.9 Å². The van der Waals surface area contributed by atoms with Crippen LogP contribution < -0.4 is 14.7 Å². The molecule has 7 nitrogen and oxygen atoms in total. The van der Waals surface area contributed by atoms with Gasteiger partial charge in [-0.25, -0.2) is 0 Å². The summed E-state index contributed by atoms with van der Waals surface area (Å²) in [7, 11) is 0. The van der Waals surface area contributed by atoms with Gasteiger partial charge in [0.25, 0.3) is 0 Å². The number of nitrogens with zero attached hydrogens (tertiary/aromatic N) is 4. The van der Waals surface area contributed by atoms with Gasteiger partial charge < -0.3 is 0 Å². The Kier molecular flexibility index (Phi) is 7.69. The summed E-state index contributed by atoms with van der Waals surface area (Å²) in [6.45, 7) is 1.34. The van der Waals surface area contributed by atoms with Crippen LogP contribution in [0.3, 0.4) is 0 Å². The zero-order valence-electron chi connectivity index (χ0n) is 18.1. The molecule has 0 saturated carbocycles. The van der Waals surface area contributed by atoms with Gasteiger partial charge in [0.05, 0.1) is 0 Å². The molecular weight excluding hydrogens is 595 g/mol. The Balaban J connectivity index is 1.92. The zero-order valence-corrected chi connectivity index (χ0v) is 22.3. The first-order chi connectivity index (χ1) is 16.3. The predicted octanol–water partition coefficient (Wildman–Crippen LogP) is 4.63. The number of amides is 1. The molecular formula is C22H19AsBrClF2N5O2. The quantitative estimate of drug-likeness (QED) is 0.294. The van der Waals surface area contributed by atoms with Crippen molar-refractivity contribution in [2.24, 2.45) is 0 Å². The second kappa shape index (κ2) is 10.5. The first-order valence-electron chi connectivity index (χ1n) is 10.4. The number of halogens is 4. The van der Waals surface area contributed by atoms with E-state index in [1.54, 1.807) is 10.6 Å². The summed E-state index contributed by atoms with van der Waals surface area (Å²) in [6.07, 6.45) is 0.647. The summed E-state index contributed by atoms with van der Waals surface area (Å²) < 4.78 is 33.5. The molecule has 2 aromatic carbocycles. The van der Waals surface area contributed by atoms with Crippen LogP contribution >= 0.6 is 27.5 Å². The number of fused-ring (bicyclic) bond motifs is 3. The Morgan fingerprint density at radius 3 is 2.76 bits per heavy atom. The number of hydrogen-bond donors (Lipinski definition) is 1. The summed E-state index contributed by atoms with van der Waals surface area (Å²) in [5, 5.41) is 8.46. The average Bonchev–Trinajstić information content (AvgIpc) is 3.23. The average molecular weight is 614 g/mol. The van der Waals surface area contributed by atoms with Crippen molar-refractivity contribution in [3.8, 4) is 17.1 Å². The number of para-hydroxylation sites is 1. The molecule has 0 saturated heterocycles. The van der Waals surface area contributed by atoms with Crippen molar-refractivity contribution in [1.29, 1.82) is 0 Å². The predicted molar refractivity (Wildman–Crippen MR) is 131 cm³/mol. The van der Waals surface area contributed by atoms with E-state index in [-0.39, 0.29) is 32.8 Å². The molecule has 2 heterocycles. The second-order valence-corrected chi connectivity index (χ2v) is 11.2. The molecule has 0 aliphatic rings. The van der Waals surface area contributed by atoms with Crippen LogP contribution in [0.25, 0.3) is 27.9 Å². The number of nitrogens with one attached hydrogen (secondary N) is 1. The third kappa shape index (κ3) is 5.04. The topological polar surface area (TPSA) is 81.4 Å². The molecule has 177 valence electrons. The monoisotopic (exact) mass is 612 g/mol. The molecule has 0 aliphatic carbocycles. The number of rotatable bonds is 8. The fourth-order valence-corrected chi connectivity index (χ4v) is 6.30. The number of carbonyl (C=O) groups is 1. The summed E-state index contributed by atoms with van der Waals surface area (Å²) >= 11 is 8.80. The van der Waals surface area contributed by atoms with E-state index in [1.165, 1.54) is 12.1 Å². The second-order valence-electron chi connectivity index (χ2n) is 7.19. The first-order valence-corrected chi connectivity index (χ1v) is 13.6. The van der Waals surface area contributed by atoms with E-state index < -0.39 is 22.4 Å². The summed E-state index contributed by atoms with van der Waals surface area (Å²) in [5.41, 5.74) is 1.47. The van der Waals surface area contributed by atoms with Gasteiger partial charge in [-0.3, -0.25) is 0 Å². The number of alkyl halides is 2. The van der Waals surface area contributed by atoms with Gasteiger partial charge in [0.2, 0.25) is 0 Å². The van der Waals surface area contributed by atoms with Crippen LogP contribution in [-0.4, -0.2) is 54.4 Å².